The molecule has 5 rings (SSSR count). The fourth-order valence-corrected chi connectivity index (χ4v) is 4.42. The van der Waals surface area contributed by atoms with Crippen LogP contribution in [0.25, 0.3) is 22.4 Å². The van der Waals surface area contributed by atoms with Gasteiger partial charge < -0.3 is 10.1 Å². The second-order valence-corrected chi connectivity index (χ2v) is 9.11. The number of carbonyl (C=O) groups excluding carboxylic acids is 1. The van der Waals surface area contributed by atoms with Crippen molar-refractivity contribution in [1.82, 2.24) is 19.6 Å². The van der Waals surface area contributed by atoms with E-state index in [1.54, 1.807) is 48.8 Å². The largest absolute Gasteiger partial charge is 0.483 e. The third-order valence-corrected chi connectivity index (χ3v) is 6.27. The maximum Gasteiger partial charge on any atom is 0.291 e. The van der Waals surface area contributed by atoms with Gasteiger partial charge in [0.15, 0.2) is 12.4 Å². The fraction of sp³-hybridized carbons (Fsp3) is 0.0800. The van der Waals surface area contributed by atoms with Crippen molar-refractivity contribution < 1.29 is 9.53 Å². The van der Waals surface area contributed by atoms with E-state index in [0.717, 1.165) is 11.1 Å². The van der Waals surface area contributed by atoms with Gasteiger partial charge in [-0.05, 0) is 55.5 Å². The molecule has 3 heterocycles. The number of ether oxygens (including phenoxy) is 1. The van der Waals surface area contributed by atoms with Gasteiger partial charge in [-0.2, -0.15) is 9.50 Å². The molecule has 10 heteroatoms. The second-order valence-electron chi connectivity index (χ2n) is 7.67. The van der Waals surface area contributed by atoms with Crippen LogP contribution in [0.1, 0.15) is 11.1 Å². The molecule has 0 spiro atoms. The number of rotatable bonds is 6. The van der Waals surface area contributed by atoms with Gasteiger partial charge in [0.1, 0.15) is 5.75 Å². The molecule has 1 amide bonds. The molecular weight excluding hydrogens is 486 g/mol. The Morgan fingerprint density at radius 2 is 1.91 bits per heavy atom. The predicted molar refractivity (Wildman–Crippen MR) is 136 cm³/mol. The number of nitrogens with zero attached hydrogens (tertiary/aromatic N) is 4. The first kappa shape index (κ1) is 22.7. The van der Waals surface area contributed by atoms with Crippen LogP contribution < -0.4 is 20.1 Å². The summed E-state index contributed by atoms with van der Waals surface area (Å²) in [6, 6.07) is 16.0. The van der Waals surface area contributed by atoms with E-state index >= 15 is 0 Å². The highest BCUT2D eigenvalue weighted by atomic mass is 35.5. The number of benzene rings is 2. The molecular formula is C25H18ClN5O3S. The van der Waals surface area contributed by atoms with Crippen molar-refractivity contribution in [2.24, 2.45) is 0 Å². The molecule has 0 radical (unpaired) electrons. The summed E-state index contributed by atoms with van der Waals surface area (Å²) in [4.78, 5) is 34.2. The van der Waals surface area contributed by atoms with Gasteiger partial charge in [-0.1, -0.05) is 40.6 Å². The molecule has 0 saturated carbocycles. The third kappa shape index (κ3) is 5.06. The number of fused-ring (bicyclic) bond motifs is 1. The lowest BCUT2D eigenvalue weighted by Crippen LogP contribution is -2.24. The van der Waals surface area contributed by atoms with Crippen LogP contribution in [0.5, 0.6) is 5.75 Å². The van der Waals surface area contributed by atoms with E-state index in [1.807, 2.05) is 31.2 Å². The zero-order chi connectivity index (χ0) is 24.4. The molecule has 0 atom stereocenters. The Morgan fingerprint density at radius 3 is 2.66 bits per heavy atom. The number of thiazole rings is 1. The highest BCUT2D eigenvalue weighted by Gasteiger charge is 2.13. The fourth-order valence-electron chi connectivity index (χ4n) is 3.34. The summed E-state index contributed by atoms with van der Waals surface area (Å²) in [6.07, 6.45) is 4.95. The van der Waals surface area contributed by atoms with Gasteiger partial charge >= 0.3 is 0 Å². The smallest absolute Gasteiger partial charge is 0.291 e. The lowest BCUT2D eigenvalue weighted by molar-refractivity contribution is -0.118. The molecule has 8 nitrogen and oxygen atoms in total. The Morgan fingerprint density at radius 1 is 1.14 bits per heavy atom. The lowest BCUT2D eigenvalue weighted by Gasteiger charge is -2.10. The first-order valence-corrected chi connectivity index (χ1v) is 11.8. The molecule has 0 saturated heterocycles. The van der Waals surface area contributed by atoms with Gasteiger partial charge in [0, 0.05) is 34.2 Å². The normalized spacial score (nSPS) is 11.7. The minimum atomic E-state index is -0.305. The van der Waals surface area contributed by atoms with Gasteiger partial charge in [-0.15, -0.1) is 5.10 Å². The van der Waals surface area contributed by atoms with Crippen molar-refractivity contribution in [2.45, 2.75) is 6.92 Å². The molecule has 174 valence electrons. The van der Waals surface area contributed by atoms with E-state index in [0.29, 0.717) is 37.3 Å². The topological polar surface area (TPSA) is 98.5 Å². The average Bonchev–Trinajstić information content (AvgIpc) is 3.40. The number of carbonyl (C=O) groups is 1. The molecule has 0 aliphatic rings. The molecule has 0 unspecified atom stereocenters. The van der Waals surface area contributed by atoms with Crippen LogP contribution in [0.2, 0.25) is 5.02 Å². The van der Waals surface area contributed by atoms with E-state index in [2.05, 4.69) is 20.4 Å². The maximum atomic E-state index is 13.0. The number of aryl methyl sites for hydroxylation is 1. The van der Waals surface area contributed by atoms with Crippen LogP contribution in [0.4, 0.5) is 5.69 Å². The molecule has 1 N–H and O–H groups in total. The lowest BCUT2D eigenvalue weighted by atomic mass is 10.2. The summed E-state index contributed by atoms with van der Waals surface area (Å²) in [5, 5.41) is 7.60. The Labute approximate surface area is 208 Å². The molecule has 0 bridgehead atoms. The van der Waals surface area contributed by atoms with Crippen LogP contribution in [-0.4, -0.2) is 32.1 Å². The molecule has 35 heavy (non-hydrogen) atoms. The van der Waals surface area contributed by atoms with E-state index < -0.39 is 0 Å². The van der Waals surface area contributed by atoms with Gasteiger partial charge in [0.05, 0.1) is 4.53 Å². The minimum Gasteiger partial charge on any atom is -0.483 e. The summed E-state index contributed by atoms with van der Waals surface area (Å²) in [5.41, 5.74) is 2.82. The van der Waals surface area contributed by atoms with Crippen molar-refractivity contribution in [3.8, 4) is 17.1 Å². The Hall–Kier alpha value is -4.08. The summed E-state index contributed by atoms with van der Waals surface area (Å²) >= 11 is 7.39. The van der Waals surface area contributed by atoms with E-state index in [9.17, 15) is 9.59 Å². The summed E-state index contributed by atoms with van der Waals surface area (Å²) < 4.78 is 7.44. The third-order valence-electron chi connectivity index (χ3n) is 5.07. The highest BCUT2D eigenvalue weighted by molar-refractivity contribution is 7.15. The van der Waals surface area contributed by atoms with Crippen LogP contribution in [0.3, 0.4) is 0 Å². The summed E-state index contributed by atoms with van der Waals surface area (Å²) in [5.74, 6) is 0.569. The Balaban J connectivity index is 1.39. The molecule has 0 fully saturated rings. The van der Waals surface area contributed by atoms with Crippen molar-refractivity contribution in [1.29, 1.82) is 0 Å². The Bertz CT molecular complexity index is 1630. The standard InChI is InChI=1S/C25H18ClN5O3S/c1-15-2-5-19(6-3-15)28-22(32)14-34-20-7-4-18(26)12-17(20)13-21-24(33)31-25(35-21)29-23(30-31)16-8-10-27-11-9-16/h2-13H,14H2,1H3,(H,28,32)/b21-13-. The maximum absolute atomic E-state index is 13.0. The number of halogens is 1. The van der Waals surface area contributed by atoms with Crippen LogP contribution >= 0.6 is 22.9 Å². The number of hydrogen-bond donors (Lipinski definition) is 1. The molecule has 2 aromatic carbocycles. The van der Waals surface area contributed by atoms with Crippen LogP contribution in [0, 0.1) is 6.92 Å². The summed E-state index contributed by atoms with van der Waals surface area (Å²) in [6.45, 7) is 1.77. The van der Waals surface area contributed by atoms with Gasteiger partial charge in [-0.3, -0.25) is 14.6 Å². The summed E-state index contributed by atoms with van der Waals surface area (Å²) in [7, 11) is 0. The number of nitrogens with one attached hydrogen (secondary N) is 1. The monoisotopic (exact) mass is 503 g/mol. The number of amides is 1. The second kappa shape index (κ2) is 9.65. The van der Waals surface area contributed by atoms with Gasteiger partial charge in [0.2, 0.25) is 4.96 Å². The van der Waals surface area contributed by atoms with Crippen molar-refractivity contribution >= 4 is 45.6 Å². The van der Waals surface area contributed by atoms with Crippen molar-refractivity contribution in [2.75, 3.05) is 11.9 Å². The number of aromatic nitrogens is 4. The van der Waals surface area contributed by atoms with Gasteiger partial charge in [0.25, 0.3) is 11.5 Å². The van der Waals surface area contributed by atoms with E-state index in [-0.39, 0.29) is 18.1 Å². The van der Waals surface area contributed by atoms with Gasteiger partial charge in [-0.25, -0.2) is 0 Å². The average molecular weight is 504 g/mol. The predicted octanol–water partition coefficient (Wildman–Crippen LogP) is 3.74. The van der Waals surface area contributed by atoms with Crippen LogP contribution in [-0.2, 0) is 4.79 Å². The first-order chi connectivity index (χ1) is 17.0. The zero-order valence-electron chi connectivity index (χ0n) is 18.4. The molecule has 0 aliphatic heterocycles. The highest BCUT2D eigenvalue weighted by Crippen LogP contribution is 2.24. The van der Waals surface area contributed by atoms with E-state index in [4.69, 9.17) is 16.3 Å². The SMILES string of the molecule is Cc1ccc(NC(=O)COc2ccc(Cl)cc2/C=c2\sc3nc(-c4ccncc4)nn3c2=O)cc1. The molecule has 0 aliphatic carbocycles. The first-order valence-electron chi connectivity index (χ1n) is 10.6. The number of pyridine rings is 1. The molecule has 3 aromatic heterocycles. The quantitative estimate of drug-likeness (QED) is 0.379. The van der Waals surface area contributed by atoms with E-state index in [1.165, 1.54) is 15.9 Å². The van der Waals surface area contributed by atoms with Crippen LogP contribution in [0.15, 0.2) is 71.8 Å². The number of hydrogen-bond acceptors (Lipinski definition) is 7. The minimum absolute atomic E-state index is 0.203. The Kier molecular flexibility index (Phi) is 6.26. The molecule has 5 aromatic rings. The number of anilines is 1. The van der Waals surface area contributed by atoms with Crippen molar-refractivity contribution in [3.05, 3.63) is 98.0 Å². The van der Waals surface area contributed by atoms with Crippen molar-refractivity contribution in [3.63, 3.8) is 0 Å². The zero-order valence-corrected chi connectivity index (χ0v) is 20.0.